The molecule has 0 saturated heterocycles. The highest BCUT2D eigenvalue weighted by atomic mass is 16.3. The fourth-order valence-corrected chi connectivity index (χ4v) is 1.84. The van der Waals surface area contributed by atoms with E-state index in [9.17, 15) is 4.79 Å². The highest BCUT2D eigenvalue weighted by Crippen LogP contribution is 2.15. The highest BCUT2D eigenvalue weighted by Gasteiger charge is 2.10. The Labute approximate surface area is 108 Å². The summed E-state index contributed by atoms with van der Waals surface area (Å²) in [5, 5.41) is 13.4. The molecule has 0 aromatic carbocycles. The molecule has 1 aromatic rings. The summed E-state index contributed by atoms with van der Waals surface area (Å²) in [6, 6.07) is 2.11. The van der Waals surface area contributed by atoms with Crippen LogP contribution >= 0.6 is 0 Å². The molecule has 0 saturated carbocycles. The molecular weight excluding hydrogens is 230 g/mol. The van der Waals surface area contributed by atoms with Crippen LogP contribution in [-0.4, -0.2) is 45.9 Å². The lowest BCUT2D eigenvalue weighted by atomic mass is 10.1. The van der Waals surface area contributed by atoms with Crippen LogP contribution in [0.25, 0.3) is 0 Å². The van der Waals surface area contributed by atoms with Gasteiger partial charge in [0.1, 0.15) is 0 Å². The molecule has 1 amide bonds. The molecule has 0 aliphatic carbocycles. The standard InChI is InChI=1S/C13H23N3O2/c1-4-16-12(9-13(14-16)11(2)3)5-6-15(10-18)7-8-17/h9-11,17H,4-8H2,1-3H3. The van der Waals surface area contributed by atoms with Gasteiger partial charge >= 0.3 is 0 Å². The average Bonchev–Trinajstić information content (AvgIpc) is 2.77. The maximum absolute atomic E-state index is 10.8. The van der Waals surface area contributed by atoms with E-state index in [0.717, 1.165) is 30.8 Å². The molecule has 0 spiro atoms. The number of carbonyl (C=O) groups excluding carboxylic acids is 1. The van der Waals surface area contributed by atoms with E-state index in [2.05, 4.69) is 31.9 Å². The predicted molar refractivity (Wildman–Crippen MR) is 70.4 cm³/mol. The Morgan fingerprint density at radius 3 is 2.72 bits per heavy atom. The van der Waals surface area contributed by atoms with E-state index in [4.69, 9.17) is 5.11 Å². The van der Waals surface area contributed by atoms with Crippen molar-refractivity contribution in [2.24, 2.45) is 0 Å². The SMILES string of the molecule is CCn1nc(C(C)C)cc1CCN(C=O)CCO. The van der Waals surface area contributed by atoms with Crippen LogP contribution in [0.5, 0.6) is 0 Å². The summed E-state index contributed by atoms with van der Waals surface area (Å²) < 4.78 is 1.98. The van der Waals surface area contributed by atoms with E-state index < -0.39 is 0 Å². The summed E-state index contributed by atoms with van der Waals surface area (Å²) >= 11 is 0. The zero-order chi connectivity index (χ0) is 13.5. The maximum Gasteiger partial charge on any atom is 0.209 e. The minimum atomic E-state index is 0.00300. The van der Waals surface area contributed by atoms with Crippen molar-refractivity contribution < 1.29 is 9.90 Å². The first-order chi connectivity index (χ1) is 8.62. The summed E-state index contributed by atoms with van der Waals surface area (Å²) in [6.45, 7) is 8.15. The number of aromatic nitrogens is 2. The second kappa shape index (κ2) is 7.16. The third-order valence-electron chi connectivity index (χ3n) is 2.96. The van der Waals surface area contributed by atoms with Crippen LogP contribution in [0.15, 0.2) is 6.07 Å². The zero-order valence-electron chi connectivity index (χ0n) is 11.5. The lowest BCUT2D eigenvalue weighted by Gasteiger charge is -2.15. The number of amides is 1. The molecule has 102 valence electrons. The number of aliphatic hydroxyl groups is 1. The average molecular weight is 253 g/mol. The van der Waals surface area contributed by atoms with Gasteiger partial charge in [-0.15, -0.1) is 0 Å². The molecule has 18 heavy (non-hydrogen) atoms. The van der Waals surface area contributed by atoms with Gasteiger partial charge in [0.15, 0.2) is 0 Å². The third kappa shape index (κ3) is 3.84. The van der Waals surface area contributed by atoms with Crippen molar-refractivity contribution in [2.45, 2.75) is 39.7 Å². The van der Waals surface area contributed by atoms with Crippen LogP contribution in [-0.2, 0) is 17.8 Å². The molecule has 1 aromatic heterocycles. The van der Waals surface area contributed by atoms with Crippen LogP contribution < -0.4 is 0 Å². The van der Waals surface area contributed by atoms with E-state index in [0.29, 0.717) is 19.0 Å². The van der Waals surface area contributed by atoms with Crippen molar-refractivity contribution in [3.8, 4) is 0 Å². The Hall–Kier alpha value is -1.36. The Kier molecular flexibility index (Phi) is 5.85. The first-order valence-electron chi connectivity index (χ1n) is 6.49. The molecule has 0 unspecified atom stereocenters. The third-order valence-corrected chi connectivity index (χ3v) is 2.96. The van der Waals surface area contributed by atoms with Crippen molar-refractivity contribution in [2.75, 3.05) is 19.7 Å². The summed E-state index contributed by atoms with van der Waals surface area (Å²) in [5.74, 6) is 0.413. The molecule has 0 bridgehead atoms. The molecule has 1 heterocycles. The van der Waals surface area contributed by atoms with Gasteiger partial charge in [0.2, 0.25) is 6.41 Å². The summed E-state index contributed by atoms with van der Waals surface area (Å²) in [6.07, 6.45) is 1.55. The van der Waals surface area contributed by atoms with Gasteiger partial charge in [0.25, 0.3) is 0 Å². The van der Waals surface area contributed by atoms with Crippen molar-refractivity contribution in [1.82, 2.24) is 14.7 Å². The van der Waals surface area contributed by atoms with E-state index in [1.54, 1.807) is 4.90 Å². The van der Waals surface area contributed by atoms with Crippen LogP contribution in [0.1, 0.15) is 38.1 Å². The van der Waals surface area contributed by atoms with E-state index in [1.165, 1.54) is 0 Å². The zero-order valence-corrected chi connectivity index (χ0v) is 11.5. The van der Waals surface area contributed by atoms with Gasteiger partial charge in [-0.2, -0.15) is 5.10 Å². The number of hydrogen-bond acceptors (Lipinski definition) is 3. The number of aliphatic hydroxyl groups excluding tert-OH is 1. The fraction of sp³-hybridized carbons (Fsp3) is 0.692. The smallest absolute Gasteiger partial charge is 0.209 e. The van der Waals surface area contributed by atoms with Gasteiger partial charge in [-0.3, -0.25) is 9.48 Å². The monoisotopic (exact) mass is 253 g/mol. The molecule has 0 aliphatic heterocycles. The molecule has 0 radical (unpaired) electrons. The van der Waals surface area contributed by atoms with Gasteiger partial charge in [-0.25, -0.2) is 0 Å². The van der Waals surface area contributed by atoms with Gasteiger partial charge in [0, 0.05) is 31.7 Å². The van der Waals surface area contributed by atoms with Crippen LogP contribution in [0.4, 0.5) is 0 Å². The normalized spacial score (nSPS) is 10.9. The number of carbonyl (C=O) groups is 1. The molecule has 0 aliphatic rings. The number of nitrogens with zero attached hydrogens (tertiary/aromatic N) is 3. The summed E-state index contributed by atoms with van der Waals surface area (Å²) in [4.78, 5) is 12.4. The first-order valence-corrected chi connectivity index (χ1v) is 6.49. The first kappa shape index (κ1) is 14.7. The molecule has 0 fully saturated rings. The number of aryl methyl sites for hydroxylation is 1. The van der Waals surface area contributed by atoms with Crippen LogP contribution in [0.2, 0.25) is 0 Å². The predicted octanol–water partition coefficient (Wildman–Crippen LogP) is 1.02. The topological polar surface area (TPSA) is 58.4 Å². The largest absolute Gasteiger partial charge is 0.395 e. The molecule has 0 atom stereocenters. The summed E-state index contributed by atoms with van der Waals surface area (Å²) in [7, 11) is 0. The van der Waals surface area contributed by atoms with Crippen molar-refractivity contribution in [3.63, 3.8) is 0 Å². The van der Waals surface area contributed by atoms with E-state index in [-0.39, 0.29) is 6.61 Å². The second-order valence-corrected chi connectivity index (χ2v) is 4.65. The Morgan fingerprint density at radius 1 is 1.50 bits per heavy atom. The number of rotatable bonds is 8. The van der Waals surface area contributed by atoms with E-state index >= 15 is 0 Å². The Morgan fingerprint density at radius 2 is 2.22 bits per heavy atom. The fourth-order valence-electron chi connectivity index (χ4n) is 1.84. The number of hydrogen-bond donors (Lipinski definition) is 1. The quantitative estimate of drug-likeness (QED) is 0.704. The van der Waals surface area contributed by atoms with Crippen molar-refractivity contribution in [3.05, 3.63) is 17.5 Å². The lowest BCUT2D eigenvalue weighted by Crippen LogP contribution is -2.28. The van der Waals surface area contributed by atoms with Crippen molar-refractivity contribution in [1.29, 1.82) is 0 Å². The van der Waals surface area contributed by atoms with E-state index in [1.807, 2.05) is 4.68 Å². The molecule has 1 N–H and O–H groups in total. The van der Waals surface area contributed by atoms with Gasteiger partial charge in [0.05, 0.1) is 12.3 Å². The summed E-state index contributed by atoms with van der Waals surface area (Å²) in [5.41, 5.74) is 2.23. The van der Waals surface area contributed by atoms with Crippen molar-refractivity contribution >= 4 is 6.41 Å². The highest BCUT2D eigenvalue weighted by molar-refractivity contribution is 5.46. The molecule has 5 nitrogen and oxygen atoms in total. The van der Waals surface area contributed by atoms with Crippen LogP contribution in [0.3, 0.4) is 0 Å². The van der Waals surface area contributed by atoms with Gasteiger partial charge in [-0.1, -0.05) is 13.8 Å². The minimum absolute atomic E-state index is 0.00300. The Balaban J connectivity index is 2.68. The lowest BCUT2D eigenvalue weighted by molar-refractivity contribution is -0.118. The molecular formula is C13H23N3O2. The van der Waals surface area contributed by atoms with Gasteiger partial charge in [-0.05, 0) is 18.9 Å². The second-order valence-electron chi connectivity index (χ2n) is 4.65. The Bertz CT molecular complexity index is 374. The van der Waals surface area contributed by atoms with Gasteiger partial charge < -0.3 is 10.0 Å². The maximum atomic E-state index is 10.8. The molecule has 5 heteroatoms. The molecule has 1 rings (SSSR count). The van der Waals surface area contributed by atoms with Crippen LogP contribution in [0, 0.1) is 0 Å². The minimum Gasteiger partial charge on any atom is -0.395 e.